The molecule has 0 amide bonds. The normalized spacial score (nSPS) is 11.2. The molecule has 0 aliphatic rings. The maximum Gasteiger partial charge on any atom is 0.261 e. The van der Waals surface area contributed by atoms with Crippen molar-refractivity contribution in [3.63, 3.8) is 0 Å². The zero-order chi connectivity index (χ0) is 15.6. The number of hydrogen-bond donors (Lipinski definition) is 1. The van der Waals surface area contributed by atoms with Crippen LogP contribution in [0.5, 0.6) is 5.75 Å². The van der Waals surface area contributed by atoms with Crippen LogP contribution in [-0.4, -0.2) is 15.5 Å². The van der Waals surface area contributed by atoms with Gasteiger partial charge in [-0.2, -0.15) is 0 Å². The minimum absolute atomic E-state index is 0.199. The zero-order valence-corrected chi connectivity index (χ0v) is 14.4. The number of sulfonamides is 1. The van der Waals surface area contributed by atoms with Gasteiger partial charge in [0.15, 0.2) is 0 Å². The third-order valence-corrected chi connectivity index (χ3v) is 4.93. The van der Waals surface area contributed by atoms with E-state index < -0.39 is 10.0 Å². The number of anilines is 1. The summed E-state index contributed by atoms with van der Waals surface area (Å²) >= 11 is 3.40. The van der Waals surface area contributed by atoms with E-state index in [4.69, 9.17) is 4.74 Å². The van der Waals surface area contributed by atoms with Crippen LogP contribution in [0.15, 0.2) is 45.8 Å². The van der Waals surface area contributed by atoms with Crippen molar-refractivity contribution < 1.29 is 13.2 Å². The average molecular weight is 370 g/mol. The smallest absolute Gasteiger partial charge is 0.261 e. The Bertz CT molecular complexity index is 732. The first-order valence-electron chi connectivity index (χ1n) is 6.27. The van der Waals surface area contributed by atoms with E-state index in [1.165, 1.54) is 19.2 Å². The highest BCUT2D eigenvalue weighted by atomic mass is 79.9. The predicted molar refractivity (Wildman–Crippen MR) is 87.4 cm³/mol. The number of benzene rings is 2. The van der Waals surface area contributed by atoms with Crippen LogP contribution in [0.2, 0.25) is 0 Å². The maximum absolute atomic E-state index is 12.4. The number of ether oxygens (including phenoxy) is 1. The molecule has 0 heterocycles. The molecule has 1 N–H and O–H groups in total. The molecule has 0 spiro atoms. The second kappa shape index (κ2) is 6.07. The quantitative estimate of drug-likeness (QED) is 0.889. The van der Waals surface area contributed by atoms with E-state index in [-0.39, 0.29) is 4.90 Å². The molecule has 0 atom stereocenters. The molecule has 0 radical (unpaired) electrons. The molecule has 0 saturated heterocycles. The van der Waals surface area contributed by atoms with Gasteiger partial charge in [-0.1, -0.05) is 15.9 Å². The summed E-state index contributed by atoms with van der Waals surface area (Å²) in [5.41, 5.74) is 2.33. The van der Waals surface area contributed by atoms with E-state index in [1.807, 2.05) is 26.0 Å². The number of aryl methyl sites for hydroxylation is 2. The van der Waals surface area contributed by atoms with Crippen molar-refractivity contribution in [3.8, 4) is 5.75 Å². The van der Waals surface area contributed by atoms with Crippen LogP contribution < -0.4 is 9.46 Å². The molecule has 0 aliphatic carbocycles. The highest BCUT2D eigenvalue weighted by Crippen LogP contribution is 2.27. The number of methoxy groups -OCH3 is 1. The first-order valence-corrected chi connectivity index (χ1v) is 8.55. The van der Waals surface area contributed by atoms with Crippen LogP contribution in [0.25, 0.3) is 0 Å². The van der Waals surface area contributed by atoms with Crippen LogP contribution in [0.1, 0.15) is 11.1 Å². The number of hydrogen-bond acceptors (Lipinski definition) is 3. The molecule has 0 bridgehead atoms. The minimum Gasteiger partial charge on any atom is -0.497 e. The summed E-state index contributed by atoms with van der Waals surface area (Å²) in [6, 6.07) is 10.0. The summed E-state index contributed by atoms with van der Waals surface area (Å²) in [6.45, 7) is 3.73. The Morgan fingerprint density at radius 3 is 2.05 bits per heavy atom. The molecule has 6 heteroatoms. The van der Waals surface area contributed by atoms with Crippen molar-refractivity contribution in [2.24, 2.45) is 0 Å². The van der Waals surface area contributed by atoms with E-state index in [0.717, 1.165) is 15.6 Å². The summed E-state index contributed by atoms with van der Waals surface area (Å²) in [7, 11) is -2.08. The van der Waals surface area contributed by atoms with Crippen LogP contribution >= 0.6 is 15.9 Å². The van der Waals surface area contributed by atoms with E-state index >= 15 is 0 Å². The second-order valence-electron chi connectivity index (χ2n) is 4.70. The van der Waals surface area contributed by atoms with E-state index in [9.17, 15) is 8.42 Å². The molecule has 0 unspecified atom stereocenters. The molecule has 2 aromatic carbocycles. The second-order valence-corrected chi connectivity index (χ2v) is 7.29. The first kappa shape index (κ1) is 15.9. The lowest BCUT2D eigenvalue weighted by molar-refractivity contribution is 0.414. The summed E-state index contributed by atoms with van der Waals surface area (Å²) in [5, 5.41) is 0. The van der Waals surface area contributed by atoms with Gasteiger partial charge in [0.1, 0.15) is 5.75 Å². The Morgan fingerprint density at radius 1 is 1.05 bits per heavy atom. The van der Waals surface area contributed by atoms with Gasteiger partial charge in [0.25, 0.3) is 10.0 Å². The monoisotopic (exact) mass is 369 g/mol. The molecule has 112 valence electrons. The molecule has 0 saturated carbocycles. The van der Waals surface area contributed by atoms with Crippen LogP contribution in [0.3, 0.4) is 0 Å². The summed E-state index contributed by atoms with van der Waals surface area (Å²) in [4.78, 5) is 0.199. The van der Waals surface area contributed by atoms with Crippen molar-refractivity contribution in [2.75, 3.05) is 11.8 Å². The van der Waals surface area contributed by atoms with E-state index in [0.29, 0.717) is 11.4 Å². The lowest BCUT2D eigenvalue weighted by Crippen LogP contribution is -2.14. The first-order chi connectivity index (χ1) is 9.83. The van der Waals surface area contributed by atoms with Crippen LogP contribution in [0, 0.1) is 13.8 Å². The third kappa shape index (κ3) is 3.57. The SMILES string of the molecule is COc1ccc(S(=O)(=O)Nc2c(C)cc(Br)cc2C)cc1. The molecule has 2 rings (SSSR count). The van der Waals surface area contributed by atoms with Crippen LogP contribution in [-0.2, 0) is 10.0 Å². The van der Waals surface area contributed by atoms with Gasteiger partial charge in [-0.05, 0) is 61.4 Å². The van der Waals surface area contributed by atoms with Crippen molar-refractivity contribution in [1.82, 2.24) is 0 Å². The van der Waals surface area contributed by atoms with Gasteiger partial charge >= 0.3 is 0 Å². The highest BCUT2D eigenvalue weighted by Gasteiger charge is 2.16. The summed E-state index contributed by atoms with van der Waals surface area (Å²) < 4.78 is 33.5. The Labute approximate surface area is 133 Å². The lowest BCUT2D eigenvalue weighted by atomic mass is 10.1. The molecule has 2 aromatic rings. The van der Waals surface area contributed by atoms with Gasteiger partial charge in [0.2, 0.25) is 0 Å². The largest absolute Gasteiger partial charge is 0.497 e. The summed E-state index contributed by atoms with van der Waals surface area (Å²) in [6.07, 6.45) is 0. The van der Waals surface area contributed by atoms with Gasteiger partial charge in [-0.15, -0.1) is 0 Å². The van der Waals surface area contributed by atoms with Gasteiger partial charge in [0, 0.05) is 4.47 Å². The standard InChI is InChI=1S/C15H16BrNO3S/c1-10-8-12(16)9-11(2)15(10)17-21(18,19)14-6-4-13(20-3)5-7-14/h4-9,17H,1-3H3. The third-order valence-electron chi connectivity index (χ3n) is 3.10. The van der Waals surface area contributed by atoms with Crippen LogP contribution in [0.4, 0.5) is 5.69 Å². The molecule has 21 heavy (non-hydrogen) atoms. The Kier molecular flexibility index (Phi) is 4.58. The fourth-order valence-electron chi connectivity index (χ4n) is 2.02. The molecular weight excluding hydrogens is 354 g/mol. The lowest BCUT2D eigenvalue weighted by Gasteiger charge is -2.14. The van der Waals surface area contributed by atoms with Crippen molar-refractivity contribution in [1.29, 1.82) is 0 Å². The fraction of sp³-hybridized carbons (Fsp3) is 0.200. The van der Waals surface area contributed by atoms with E-state index in [1.54, 1.807) is 12.1 Å². The predicted octanol–water partition coefficient (Wildman–Crippen LogP) is 3.88. The summed E-state index contributed by atoms with van der Waals surface area (Å²) in [5.74, 6) is 0.616. The average Bonchev–Trinajstić information content (AvgIpc) is 2.43. The van der Waals surface area contributed by atoms with E-state index in [2.05, 4.69) is 20.7 Å². The van der Waals surface area contributed by atoms with Crippen molar-refractivity contribution in [3.05, 3.63) is 52.0 Å². The highest BCUT2D eigenvalue weighted by molar-refractivity contribution is 9.10. The molecule has 4 nitrogen and oxygen atoms in total. The maximum atomic E-state index is 12.4. The number of halogens is 1. The number of rotatable bonds is 4. The molecule has 0 aliphatic heterocycles. The fourth-order valence-corrected chi connectivity index (χ4v) is 3.91. The van der Waals surface area contributed by atoms with Crippen molar-refractivity contribution in [2.45, 2.75) is 18.7 Å². The Morgan fingerprint density at radius 2 is 1.57 bits per heavy atom. The van der Waals surface area contributed by atoms with Gasteiger partial charge in [0.05, 0.1) is 17.7 Å². The van der Waals surface area contributed by atoms with Gasteiger partial charge in [-0.3, -0.25) is 4.72 Å². The zero-order valence-electron chi connectivity index (χ0n) is 12.0. The van der Waals surface area contributed by atoms with Gasteiger partial charge in [-0.25, -0.2) is 8.42 Å². The Hall–Kier alpha value is -1.53. The topological polar surface area (TPSA) is 55.4 Å². The van der Waals surface area contributed by atoms with Gasteiger partial charge < -0.3 is 4.74 Å². The Balaban J connectivity index is 2.37. The molecular formula is C15H16BrNO3S. The molecule has 0 aromatic heterocycles. The molecule has 0 fully saturated rings. The van der Waals surface area contributed by atoms with Crippen molar-refractivity contribution >= 4 is 31.6 Å². The number of nitrogens with one attached hydrogen (secondary N) is 1. The minimum atomic E-state index is -3.62.